The minimum Gasteiger partial charge on any atom is -0.497 e. The van der Waals surface area contributed by atoms with E-state index in [0.29, 0.717) is 0 Å². The van der Waals surface area contributed by atoms with Crippen molar-refractivity contribution in [3.05, 3.63) is 53.4 Å². The summed E-state index contributed by atoms with van der Waals surface area (Å²) >= 11 is 1.58. The minimum atomic E-state index is 0.783. The quantitative estimate of drug-likeness (QED) is 0.799. The SMILES string of the molecule is COc1ccc(C2=CSc3cc(OC)ccc3N2C#N)cc1. The molecule has 0 aromatic heterocycles. The van der Waals surface area contributed by atoms with Gasteiger partial charge in [-0.2, -0.15) is 5.26 Å². The Bertz CT molecular complexity index is 763. The molecule has 110 valence electrons. The van der Waals surface area contributed by atoms with Crippen molar-refractivity contribution in [3.8, 4) is 17.7 Å². The van der Waals surface area contributed by atoms with Gasteiger partial charge in [0.1, 0.15) is 11.5 Å². The summed E-state index contributed by atoms with van der Waals surface area (Å²) in [4.78, 5) is 2.63. The fraction of sp³-hybridized carbons (Fsp3) is 0.118. The summed E-state index contributed by atoms with van der Waals surface area (Å²) in [6, 6.07) is 13.4. The summed E-state index contributed by atoms with van der Waals surface area (Å²) in [5.74, 6) is 1.58. The van der Waals surface area contributed by atoms with E-state index in [1.807, 2.05) is 47.9 Å². The van der Waals surface area contributed by atoms with Crippen LogP contribution in [-0.4, -0.2) is 14.2 Å². The Morgan fingerprint density at radius 3 is 2.32 bits per heavy atom. The number of hydrogen-bond acceptors (Lipinski definition) is 5. The third-order valence-corrected chi connectivity index (χ3v) is 4.35. The summed E-state index contributed by atoms with van der Waals surface area (Å²) in [6.07, 6.45) is 2.25. The molecule has 0 saturated heterocycles. The van der Waals surface area contributed by atoms with E-state index in [2.05, 4.69) is 6.19 Å². The largest absolute Gasteiger partial charge is 0.497 e. The molecule has 0 radical (unpaired) electrons. The van der Waals surface area contributed by atoms with Crippen LogP contribution < -0.4 is 14.4 Å². The molecule has 0 amide bonds. The van der Waals surface area contributed by atoms with Gasteiger partial charge in [-0.3, -0.25) is 0 Å². The Kier molecular flexibility index (Phi) is 3.94. The molecule has 1 aliphatic heterocycles. The molecule has 0 fully saturated rings. The average Bonchev–Trinajstić information content (AvgIpc) is 2.60. The maximum atomic E-state index is 9.57. The van der Waals surface area contributed by atoms with Crippen LogP contribution in [-0.2, 0) is 0 Å². The van der Waals surface area contributed by atoms with Gasteiger partial charge in [-0.15, -0.1) is 0 Å². The minimum absolute atomic E-state index is 0.783. The van der Waals surface area contributed by atoms with Crippen LogP contribution in [0.25, 0.3) is 5.70 Å². The van der Waals surface area contributed by atoms with Crippen molar-refractivity contribution in [3.63, 3.8) is 0 Å². The van der Waals surface area contributed by atoms with Crippen molar-refractivity contribution in [2.24, 2.45) is 0 Å². The summed E-state index contributed by atoms with van der Waals surface area (Å²) < 4.78 is 10.4. The molecule has 4 nitrogen and oxygen atoms in total. The van der Waals surface area contributed by atoms with E-state index in [4.69, 9.17) is 9.47 Å². The predicted molar refractivity (Wildman–Crippen MR) is 87.9 cm³/mol. The van der Waals surface area contributed by atoms with E-state index >= 15 is 0 Å². The van der Waals surface area contributed by atoms with Crippen molar-refractivity contribution in [1.82, 2.24) is 0 Å². The molecule has 22 heavy (non-hydrogen) atoms. The molecule has 1 aliphatic rings. The van der Waals surface area contributed by atoms with Crippen molar-refractivity contribution < 1.29 is 9.47 Å². The molecule has 0 N–H and O–H groups in total. The van der Waals surface area contributed by atoms with Crippen LogP contribution in [0.3, 0.4) is 0 Å². The molecular formula is C17H14N2O2S. The Balaban J connectivity index is 2.00. The van der Waals surface area contributed by atoms with E-state index in [9.17, 15) is 5.26 Å². The Labute approximate surface area is 133 Å². The lowest BCUT2D eigenvalue weighted by Crippen LogP contribution is -2.17. The number of nitriles is 1. The topological polar surface area (TPSA) is 45.5 Å². The second-order valence-electron chi connectivity index (χ2n) is 4.62. The molecule has 3 rings (SSSR count). The van der Waals surface area contributed by atoms with Crippen LogP contribution in [0.4, 0.5) is 5.69 Å². The van der Waals surface area contributed by atoms with Crippen LogP contribution in [0.5, 0.6) is 11.5 Å². The standard InChI is InChI=1S/C17H14N2O2S/c1-20-13-5-3-12(4-6-13)16-10-22-17-9-14(21-2)7-8-15(17)19(16)11-18/h3-10H,1-2H3. The van der Waals surface area contributed by atoms with Gasteiger partial charge in [-0.1, -0.05) is 11.8 Å². The highest BCUT2D eigenvalue weighted by atomic mass is 32.2. The second kappa shape index (κ2) is 6.04. The third-order valence-electron chi connectivity index (χ3n) is 3.43. The lowest BCUT2D eigenvalue weighted by molar-refractivity contribution is 0.413. The molecule has 0 saturated carbocycles. The van der Waals surface area contributed by atoms with Crippen molar-refractivity contribution in [2.45, 2.75) is 4.90 Å². The average molecular weight is 310 g/mol. The van der Waals surface area contributed by atoms with Gasteiger partial charge in [-0.25, -0.2) is 4.90 Å². The molecule has 0 bridgehead atoms. The van der Waals surface area contributed by atoms with Crippen LogP contribution in [0.2, 0.25) is 0 Å². The van der Waals surface area contributed by atoms with Crippen molar-refractivity contribution in [2.75, 3.05) is 19.1 Å². The Morgan fingerprint density at radius 2 is 1.68 bits per heavy atom. The number of rotatable bonds is 3. The summed E-state index contributed by atoms with van der Waals surface area (Å²) in [6.45, 7) is 0. The van der Waals surface area contributed by atoms with Crippen molar-refractivity contribution in [1.29, 1.82) is 5.26 Å². The van der Waals surface area contributed by atoms with Crippen LogP contribution in [0.1, 0.15) is 5.56 Å². The lowest BCUT2D eigenvalue weighted by Gasteiger charge is -2.26. The molecule has 2 aromatic carbocycles. The Morgan fingerprint density at radius 1 is 1.00 bits per heavy atom. The van der Waals surface area contributed by atoms with E-state index in [1.54, 1.807) is 30.9 Å². The predicted octanol–water partition coefficient (Wildman–Crippen LogP) is 4.10. The van der Waals surface area contributed by atoms with E-state index in [1.165, 1.54) is 0 Å². The fourth-order valence-electron chi connectivity index (χ4n) is 2.27. The number of fused-ring (bicyclic) bond motifs is 1. The molecular weight excluding hydrogens is 296 g/mol. The van der Waals surface area contributed by atoms with Gasteiger partial charge < -0.3 is 9.47 Å². The van der Waals surface area contributed by atoms with Crippen LogP contribution in [0, 0.1) is 11.5 Å². The number of anilines is 1. The number of benzene rings is 2. The first-order chi connectivity index (χ1) is 10.8. The van der Waals surface area contributed by atoms with E-state index in [0.717, 1.165) is 33.3 Å². The molecule has 1 heterocycles. The highest BCUT2D eigenvalue weighted by molar-refractivity contribution is 8.02. The second-order valence-corrected chi connectivity index (χ2v) is 5.53. The number of ether oxygens (including phenoxy) is 2. The third kappa shape index (κ3) is 2.49. The zero-order chi connectivity index (χ0) is 15.5. The van der Waals surface area contributed by atoms with Gasteiger partial charge in [0.2, 0.25) is 0 Å². The van der Waals surface area contributed by atoms with Crippen molar-refractivity contribution >= 4 is 23.1 Å². The molecule has 2 aromatic rings. The lowest BCUT2D eigenvalue weighted by atomic mass is 10.1. The number of methoxy groups -OCH3 is 2. The van der Waals surface area contributed by atoms with E-state index < -0.39 is 0 Å². The van der Waals surface area contributed by atoms with Gasteiger partial charge in [-0.05, 0) is 42.5 Å². The molecule has 0 atom stereocenters. The summed E-state index contributed by atoms with van der Waals surface area (Å²) in [5.41, 5.74) is 2.69. The normalized spacial score (nSPS) is 13.0. The van der Waals surface area contributed by atoms with Gasteiger partial charge in [0.15, 0.2) is 6.19 Å². The highest BCUT2D eigenvalue weighted by Gasteiger charge is 2.22. The number of thioether (sulfide) groups is 1. The smallest absolute Gasteiger partial charge is 0.189 e. The zero-order valence-electron chi connectivity index (χ0n) is 12.2. The summed E-state index contributed by atoms with van der Waals surface area (Å²) in [7, 11) is 3.27. The van der Waals surface area contributed by atoms with Gasteiger partial charge >= 0.3 is 0 Å². The first kappa shape index (κ1) is 14.4. The molecule has 0 aliphatic carbocycles. The zero-order valence-corrected chi connectivity index (χ0v) is 13.1. The van der Waals surface area contributed by atoms with Gasteiger partial charge in [0.05, 0.1) is 25.6 Å². The monoisotopic (exact) mass is 310 g/mol. The van der Waals surface area contributed by atoms with Crippen LogP contribution >= 0.6 is 11.8 Å². The van der Waals surface area contributed by atoms with Crippen LogP contribution in [0.15, 0.2) is 52.8 Å². The highest BCUT2D eigenvalue weighted by Crippen LogP contribution is 2.43. The first-order valence-corrected chi connectivity index (χ1v) is 7.54. The fourth-order valence-corrected chi connectivity index (χ4v) is 3.21. The van der Waals surface area contributed by atoms with Gasteiger partial charge in [0.25, 0.3) is 0 Å². The maximum Gasteiger partial charge on any atom is 0.189 e. The molecule has 0 unspecified atom stereocenters. The Hall–Kier alpha value is -2.58. The first-order valence-electron chi connectivity index (χ1n) is 6.66. The number of nitrogens with zero attached hydrogens (tertiary/aromatic N) is 2. The van der Waals surface area contributed by atoms with Gasteiger partial charge in [0, 0.05) is 15.9 Å². The number of hydrogen-bond donors (Lipinski definition) is 0. The van der Waals surface area contributed by atoms with E-state index in [-0.39, 0.29) is 0 Å². The molecule has 0 spiro atoms. The maximum absolute atomic E-state index is 9.57. The summed E-state index contributed by atoms with van der Waals surface area (Å²) in [5, 5.41) is 11.5. The molecule has 5 heteroatoms.